The molecule has 2 fully saturated rings. The van der Waals surface area contributed by atoms with Gasteiger partial charge in [-0.05, 0) is 75.4 Å². The average molecular weight is 618 g/mol. The molecule has 6 bridgehead atoms. The van der Waals surface area contributed by atoms with Crippen LogP contribution in [0.2, 0.25) is 0 Å². The molecule has 0 unspecified atom stereocenters. The summed E-state index contributed by atoms with van der Waals surface area (Å²) >= 11 is 0. The molecule has 0 saturated carbocycles. The molecule has 10 heteroatoms. The van der Waals surface area contributed by atoms with Crippen molar-refractivity contribution in [2.45, 2.75) is 84.6 Å². The van der Waals surface area contributed by atoms with Crippen LogP contribution >= 0.6 is 0 Å². The number of carbonyl (C=O) groups excluding carboxylic acids is 2. The van der Waals surface area contributed by atoms with Crippen LogP contribution in [0.25, 0.3) is 22.2 Å². The number of esters is 1. The number of cyclic esters (lactones) is 1. The molecule has 242 valence electrons. The van der Waals surface area contributed by atoms with E-state index >= 15 is 0 Å². The van der Waals surface area contributed by atoms with Crippen molar-refractivity contribution >= 4 is 28.5 Å². The number of nitrogens with zero attached hydrogens (tertiary/aromatic N) is 4. The first-order valence-corrected chi connectivity index (χ1v) is 16.4. The molecule has 3 aliphatic heterocycles. The van der Waals surface area contributed by atoms with Gasteiger partial charge in [0.05, 0.1) is 36.8 Å². The van der Waals surface area contributed by atoms with Crippen molar-refractivity contribution in [2.75, 3.05) is 44.9 Å². The maximum absolute atomic E-state index is 13.3. The van der Waals surface area contributed by atoms with E-state index < -0.39 is 6.04 Å². The topological polar surface area (TPSA) is 98.2 Å². The van der Waals surface area contributed by atoms with Crippen LogP contribution in [0.4, 0.5) is 5.69 Å². The molecule has 6 rings (SSSR count). The molecule has 0 aliphatic carbocycles. The van der Waals surface area contributed by atoms with E-state index in [0.717, 1.165) is 54.2 Å². The van der Waals surface area contributed by atoms with Crippen molar-refractivity contribution in [3.8, 4) is 11.3 Å². The van der Waals surface area contributed by atoms with Crippen molar-refractivity contribution in [3.05, 3.63) is 47.8 Å². The van der Waals surface area contributed by atoms with Crippen molar-refractivity contribution in [1.82, 2.24) is 20.0 Å². The average Bonchev–Trinajstić information content (AvgIpc) is 3.37. The zero-order valence-corrected chi connectivity index (χ0v) is 27.3. The number of anilines is 1. The quantitative estimate of drug-likeness (QED) is 0.407. The van der Waals surface area contributed by atoms with Crippen LogP contribution in [0.15, 0.2) is 36.5 Å². The molecule has 0 spiro atoms. The normalized spacial score (nSPS) is 23.5. The van der Waals surface area contributed by atoms with Gasteiger partial charge in [0.2, 0.25) is 5.91 Å². The minimum Gasteiger partial charge on any atom is -0.464 e. The van der Waals surface area contributed by atoms with Gasteiger partial charge in [-0.1, -0.05) is 13.8 Å². The Morgan fingerprint density at radius 2 is 2.02 bits per heavy atom. The molecule has 3 aromatic rings. The Bertz CT molecular complexity index is 1550. The molecule has 1 amide bonds. The van der Waals surface area contributed by atoms with Crippen LogP contribution < -0.4 is 10.3 Å². The third-order valence-electron chi connectivity index (χ3n) is 9.52. The number of morpholine rings is 1. The number of methoxy groups -OCH3 is 1. The summed E-state index contributed by atoms with van der Waals surface area (Å²) in [6, 6.07) is 10.4. The minimum absolute atomic E-state index is 0.00766. The molecule has 1 aromatic carbocycles. The summed E-state index contributed by atoms with van der Waals surface area (Å²) in [5, 5.41) is 2.80. The summed E-state index contributed by atoms with van der Waals surface area (Å²) in [5.41, 5.74) is 9.39. The van der Waals surface area contributed by atoms with Crippen LogP contribution in [0, 0.1) is 5.41 Å². The predicted octanol–water partition coefficient (Wildman–Crippen LogP) is 5.04. The lowest BCUT2D eigenvalue weighted by Gasteiger charge is -2.36. The largest absolute Gasteiger partial charge is 0.464 e. The van der Waals surface area contributed by atoms with Gasteiger partial charge in [0.25, 0.3) is 0 Å². The fourth-order valence-corrected chi connectivity index (χ4v) is 7.06. The third kappa shape index (κ3) is 6.46. The second-order valence-corrected chi connectivity index (χ2v) is 13.4. The minimum atomic E-state index is -0.535. The number of hydrogen-bond acceptors (Lipinski definition) is 8. The van der Waals surface area contributed by atoms with Crippen molar-refractivity contribution in [2.24, 2.45) is 5.41 Å². The lowest BCUT2D eigenvalue weighted by Crippen LogP contribution is -2.55. The first-order chi connectivity index (χ1) is 21.7. The van der Waals surface area contributed by atoms with Crippen LogP contribution in [0.5, 0.6) is 0 Å². The van der Waals surface area contributed by atoms with Gasteiger partial charge in [0, 0.05) is 73.5 Å². The molecule has 2 saturated heterocycles. The Balaban J connectivity index is 1.48. The maximum atomic E-state index is 13.3. The van der Waals surface area contributed by atoms with E-state index in [-0.39, 0.29) is 36.1 Å². The lowest BCUT2D eigenvalue weighted by atomic mass is 9.84. The summed E-state index contributed by atoms with van der Waals surface area (Å²) in [6.07, 6.45) is 4.66. The summed E-state index contributed by atoms with van der Waals surface area (Å²) in [4.78, 5) is 33.6. The van der Waals surface area contributed by atoms with Crippen molar-refractivity contribution in [3.63, 3.8) is 0 Å². The molecule has 3 aliphatic rings. The summed E-state index contributed by atoms with van der Waals surface area (Å²) < 4.78 is 20.3. The molecular formula is C35H47N5O5. The second-order valence-electron chi connectivity index (χ2n) is 13.4. The Hall–Kier alpha value is -3.47. The highest BCUT2D eigenvalue weighted by molar-refractivity contribution is 5.94. The SMILES string of the molecule is CCn1c(-c2cccnc2[C@H](C)OC)c2c3cc(ccc31)N1CCO[C@H](CCC(=O)N3CCC[C@H](N3)C(=O)OCC(C)(C)C2)C1. The first-order valence-electron chi connectivity index (χ1n) is 16.4. The Morgan fingerprint density at radius 1 is 1.18 bits per heavy atom. The van der Waals surface area contributed by atoms with Crippen molar-refractivity contribution < 1.29 is 23.8 Å². The van der Waals surface area contributed by atoms with Gasteiger partial charge in [-0.2, -0.15) is 0 Å². The number of nitrogens with one attached hydrogen (secondary N) is 1. The van der Waals surface area contributed by atoms with Gasteiger partial charge in [0.15, 0.2) is 0 Å². The monoisotopic (exact) mass is 617 g/mol. The molecule has 10 nitrogen and oxygen atoms in total. The molecule has 3 atom stereocenters. The highest BCUT2D eigenvalue weighted by atomic mass is 16.5. The summed E-state index contributed by atoms with van der Waals surface area (Å²) in [6.45, 7) is 12.3. The summed E-state index contributed by atoms with van der Waals surface area (Å²) in [7, 11) is 1.72. The molecule has 2 aromatic heterocycles. The molecule has 1 N–H and O–H groups in total. The second kappa shape index (κ2) is 13.1. The zero-order valence-electron chi connectivity index (χ0n) is 27.3. The molecule has 45 heavy (non-hydrogen) atoms. The van der Waals surface area contributed by atoms with Gasteiger partial charge in [-0.3, -0.25) is 19.6 Å². The van der Waals surface area contributed by atoms with Crippen LogP contribution in [0.3, 0.4) is 0 Å². The van der Waals surface area contributed by atoms with E-state index in [4.69, 9.17) is 19.2 Å². The number of amides is 1. The third-order valence-corrected chi connectivity index (χ3v) is 9.52. The van der Waals surface area contributed by atoms with Crippen LogP contribution in [0.1, 0.15) is 70.7 Å². The number of ether oxygens (including phenoxy) is 3. The fraction of sp³-hybridized carbons (Fsp3) is 0.571. The number of carbonyl (C=O) groups is 2. The predicted molar refractivity (Wildman–Crippen MR) is 174 cm³/mol. The van der Waals surface area contributed by atoms with E-state index in [1.807, 2.05) is 19.2 Å². The Labute approximate surface area is 266 Å². The van der Waals surface area contributed by atoms with E-state index in [9.17, 15) is 9.59 Å². The standard InChI is InChI=1S/C35H47N5O5/c1-6-39-30-13-11-24-19-27(30)28(33(39)26-9-7-15-36-32(26)23(2)43-5)20-35(3,4)22-45-34(42)29-10-8-16-40(37-29)31(41)14-12-25-21-38(24)17-18-44-25/h7,9,11,13,15,19,23,25,29,37H,6,8,10,12,14,16-18,20-22H2,1-5H3/t23-,25+,29-/m0/s1. The van der Waals surface area contributed by atoms with E-state index in [1.54, 1.807) is 12.1 Å². The Kier molecular flexibility index (Phi) is 9.17. The van der Waals surface area contributed by atoms with Crippen LogP contribution in [-0.4, -0.2) is 78.5 Å². The van der Waals surface area contributed by atoms with Gasteiger partial charge < -0.3 is 23.7 Å². The van der Waals surface area contributed by atoms with E-state index in [1.165, 1.54) is 10.9 Å². The number of rotatable bonds is 4. The number of hydrogen-bond donors (Lipinski definition) is 1. The van der Waals surface area contributed by atoms with Gasteiger partial charge >= 0.3 is 5.97 Å². The first kappa shape index (κ1) is 31.5. The number of fused-ring (bicyclic) bond motifs is 6. The zero-order chi connectivity index (χ0) is 31.7. The molecule has 0 radical (unpaired) electrons. The van der Waals surface area contributed by atoms with Crippen molar-refractivity contribution in [1.29, 1.82) is 0 Å². The highest BCUT2D eigenvalue weighted by Crippen LogP contribution is 2.42. The summed E-state index contributed by atoms with van der Waals surface area (Å²) in [5.74, 6) is -0.318. The molecule has 5 heterocycles. The van der Waals surface area contributed by atoms with E-state index in [2.05, 4.69) is 59.9 Å². The smallest absolute Gasteiger partial charge is 0.324 e. The highest BCUT2D eigenvalue weighted by Gasteiger charge is 2.33. The van der Waals surface area contributed by atoms with E-state index in [0.29, 0.717) is 38.8 Å². The lowest BCUT2D eigenvalue weighted by molar-refractivity contribution is -0.154. The number of benzene rings is 1. The number of hydrazine groups is 1. The number of aromatic nitrogens is 2. The van der Waals surface area contributed by atoms with Crippen LogP contribution in [-0.2, 0) is 36.8 Å². The van der Waals surface area contributed by atoms with Gasteiger partial charge in [-0.25, -0.2) is 5.43 Å². The molecular weight excluding hydrogens is 570 g/mol. The van der Waals surface area contributed by atoms with Gasteiger partial charge in [0.1, 0.15) is 6.04 Å². The fourth-order valence-electron chi connectivity index (χ4n) is 7.06. The Morgan fingerprint density at radius 3 is 2.82 bits per heavy atom. The van der Waals surface area contributed by atoms with Gasteiger partial charge in [-0.15, -0.1) is 0 Å². The number of pyridine rings is 1. The maximum Gasteiger partial charge on any atom is 0.324 e. The number of aryl methyl sites for hydroxylation is 1.